The van der Waals surface area contributed by atoms with E-state index in [0.717, 1.165) is 11.4 Å². The summed E-state index contributed by atoms with van der Waals surface area (Å²) < 4.78 is 2.69. The van der Waals surface area contributed by atoms with Gasteiger partial charge in [0.1, 0.15) is 0 Å². The molecular weight excluding hydrogens is 334 g/mol. The molecule has 0 unspecified atom stereocenters. The van der Waals surface area contributed by atoms with Crippen molar-refractivity contribution in [2.45, 2.75) is 0 Å². The molecule has 0 fully saturated rings. The van der Waals surface area contributed by atoms with Crippen LogP contribution in [0, 0.1) is 0 Å². The molecule has 0 aliphatic rings. The van der Waals surface area contributed by atoms with E-state index in [1.165, 1.54) is 31.3 Å². The highest BCUT2D eigenvalue weighted by molar-refractivity contribution is 7.25. The molecule has 5 aromatic rings. The van der Waals surface area contributed by atoms with Crippen molar-refractivity contribution in [3.63, 3.8) is 0 Å². The van der Waals surface area contributed by atoms with Crippen molar-refractivity contribution in [1.29, 1.82) is 0 Å². The number of thiophene rings is 1. The minimum absolute atomic E-state index is 1.10. The Hall–Kier alpha value is -3.10. The molecule has 0 radical (unpaired) electrons. The first-order chi connectivity index (χ1) is 12.9. The molecule has 0 aliphatic carbocycles. The van der Waals surface area contributed by atoms with Gasteiger partial charge in [-0.25, -0.2) is 0 Å². The molecule has 2 heteroatoms. The number of hydrogen-bond acceptors (Lipinski definition) is 2. The first-order valence-electron chi connectivity index (χ1n) is 8.71. The van der Waals surface area contributed by atoms with Gasteiger partial charge in [0, 0.05) is 31.5 Å². The summed E-state index contributed by atoms with van der Waals surface area (Å²) in [5, 5.41) is 6.15. The number of nitrogens with one attached hydrogen (secondary N) is 1. The molecule has 124 valence electrons. The lowest BCUT2D eigenvalue weighted by Crippen LogP contribution is -1.89. The summed E-state index contributed by atoms with van der Waals surface area (Å²) in [7, 11) is 0. The van der Waals surface area contributed by atoms with E-state index >= 15 is 0 Å². The molecule has 1 nitrogen and oxygen atoms in total. The molecule has 1 aromatic heterocycles. The molecule has 26 heavy (non-hydrogen) atoms. The van der Waals surface area contributed by atoms with Gasteiger partial charge in [0.2, 0.25) is 0 Å². The van der Waals surface area contributed by atoms with Crippen LogP contribution in [0.25, 0.3) is 31.3 Å². The van der Waals surface area contributed by atoms with Gasteiger partial charge in [-0.3, -0.25) is 0 Å². The number of hydrogen-bond donors (Lipinski definition) is 1. The Labute approximate surface area is 156 Å². The lowest BCUT2D eigenvalue weighted by atomic mass is 9.99. The van der Waals surface area contributed by atoms with Crippen molar-refractivity contribution in [2.24, 2.45) is 0 Å². The van der Waals surface area contributed by atoms with E-state index in [2.05, 4.69) is 84.2 Å². The minimum atomic E-state index is 1.10. The van der Waals surface area contributed by atoms with Gasteiger partial charge in [-0.1, -0.05) is 60.7 Å². The molecular formula is C24H17NS. The number of benzene rings is 4. The van der Waals surface area contributed by atoms with E-state index in [-0.39, 0.29) is 0 Å². The van der Waals surface area contributed by atoms with Crippen LogP contribution in [0.4, 0.5) is 11.4 Å². The first kappa shape index (κ1) is 15.2. The minimum Gasteiger partial charge on any atom is -0.356 e. The summed E-state index contributed by atoms with van der Waals surface area (Å²) in [6.45, 7) is 0. The van der Waals surface area contributed by atoms with Gasteiger partial charge in [0.25, 0.3) is 0 Å². The fourth-order valence-electron chi connectivity index (χ4n) is 3.44. The maximum absolute atomic E-state index is 3.45. The van der Waals surface area contributed by atoms with Crippen molar-refractivity contribution in [2.75, 3.05) is 5.32 Å². The van der Waals surface area contributed by atoms with Gasteiger partial charge < -0.3 is 5.32 Å². The topological polar surface area (TPSA) is 12.0 Å². The molecule has 0 bridgehead atoms. The van der Waals surface area contributed by atoms with Crippen molar-refractivity contribution in [1.82, 2.24) is 0 Å². The Balaban J connectivity index is 1.58. The van der Waals surface area contributed by atoms with E-state index in [4.69, 9.17) is 0 Å². The average molecular weight is 351 g/mol. The van der Waals surface area contributed by atoms with Crippen LogP contribution in [-0.4, -0.2) is 0 Å². The van der Waals surface area contributed by atoms with Crippen molar-refractivity contribution in [3.05, 3.63) is 97.1 Å². The van der Waals surface area contributed by atoms with Crippen LogP contribution in [0.15, 0.2) is 97.1 Å². The fourth-order valence-corrected chi connectivity index (χ4v) is 4.57. The highest BCUT2D eigenvalue weighted by Crippen LogP contribution is 2.39. The first-order valence-corrected chi connectivity index (χ1v) is 9.53. The summed E-state index contributed by atoms with van der Waals surface area (Å²) in [6.07, 6.45) is 0. The molecule has 0 saturated carbocycles. The van der Waals surface area contributed by atoms with Crippen LogP contribution in [0.3, 0.4) is 0 Å². The van der Waals surface area contributed by atoms with Crippen LogP contribution in [0.1, 0.15) is 0 Å². The second-order valence-corrected chi connectivity index (χ2v) is 7.43. The quantitative estimate of drug-likeness (QED) is 0.355. The normalized spacial score (nSPS) is 11.1. The second-order valence-electron chi connectivity index (χ2n) is 6.35. The smallest absolute Gasteiger partial charge is 0.0384 e. The zero-order valence-corrected chi connectivity index (χ0v) is 15.0. The fraction of sp³-hybridized carbons (Fsp3) is 0. The average Bonchev–Trinajstić information content (AvgIpc) is 3.08. The number of anilines is 2. The largest absolute Gasteiger partial charge is 0.356 e. The predicted octanol–water partition coefficient (Wildman–Crippen LogP) is 7.47. The molecule has 1 heterocycles. The molecule has 0 spiro atoms. The van der Waals surface area contributed by atoms with Crippen LogP contribution in [0.2, 0.25) is 0 Å². The SMILES string of the molecule is c1ccc(Nc2ccc(-c3cccc4sc5ccccc5c34)cc2)cc1. The predicted molar refractivity (Wildman–Crippen MR) is 114 cm³/mol. The Kier molecular flexibility index (Phi) is 3.69. The number of fused-ring (bicyclic) bond motifs is 3. The van der Waals surface area contributed by atoms with Crippen molar-refractivity contribution >= 4 is 42.9 Å². The Bertz CT molecular complexity index is 1190. The van der Waals surface area contributed by atoms with Crippen LogP contribution >= 0.6 is 11.3 Å². The van der Waals surface area contributed by atoms with E-state index in [1.807, 2.05) is 29.5 Å². The Morgan fingerprint density at radius 1 is 0.538 bits per heavy atom. The van der Waals surface area contributed by atoms with Crippen LogP contribution < -0.4 is 5.32 Å². The van der Waals surface area contributed by atoms with Gasteiger partial charge in [0.15, 0.2) is 0 Å². The van der Waals surface area contributed by atoms with Gasteiger partial charge in [-0.05, 0) is 47.5 Å². The summed E-state index contributed by atoms with van der Waals surface area (Å²) in [6, 6.07) is 34.2. The second kappa shape index (κ2) is 6.32. The highest BCUT2D eigenvalue weighted by Gasteiger charge is 2.10. The maximum atomic E-state index is 3.45. The van der Waals surface area contributed by atoms with E-state index in [1.54, 1.807) is 0 Å². The lowest BCUT2D eigenvalue weighted by Gasteiger charge is -2.09. The van der Waals surface area contributed by atoms with E-state index in [9.17, 15) is 0 Å². The summed E-state index contributed by atoms with van der Waals surface area (Å²) in [5.74, 6) is 0. The number of rotatable bonds is 3. The Morgan fingerprint density at radius 2 is 1.23 bits per heavy atom. The van der Waals surface area contributed by atoms with Gasteiger partial charge in [-0.2, -0.15) is 0 Å². The zero-order valence-electron chi connectivity index (χ0n) is 14.1. The molecule has 0 aliphatic heterocycles. The van der Waals surface area contributed by atoms with Crippen molar-refractivity contribution < 1.29 is 0 Å². The van der Waals surface area contributed by atoms with E-state index in [0.29, 0.717) is 0 Å². The van der Waals surface area contributed by atoms with Gasteiger partial charge in [-0.15, -0.1) is 11.3 Å². The van der Waals surface area contributed by atoms with Gasteiger partial charge in [0.05, 0.1) is 0 Å². The zero-order chi connectivity index (χ0) is 17.3. The lowest BCUT2D eigenvalue weighted by molar-refractivity contribution is 1.55. The molecule has 0 saturated heterocycles. The maximum Gasteiger partial charge on any atom is 0.0384 e. The summed E-state index contributed by atoms with van der Waals surface area (Å²) >= 11 is 1.86. The molecule has 5 rings (SSSR count). The summed E-state index contributed by atoms with van der Waals surface area (Å²) in [4.78, 5) is 0. The summed E-state index contributed by atoms with van der Waals surface area (Å²) in [5.41, 5.74) is 4.75. The molecule has 0 atom stereocenters. The van der Waals surface area contributed by atoms with Crippen molar-refractivity contribution in [3.8, 4) is 11.1 Å². The monoisotopic (exact) mass is 351 g/mol. The standard InChI is InChI=1S/C24H17NS/c1-2-7-18(8-3-1)25-19-15-13-17(14-16-19)20-10-6-12-23-24(20)21-9-4-5-11-22(21)26-23/h1-16,25H. The van der Waals surface area contributed by atoms with Crippen LogP contribution in [-0.2, 0) is 0 Å². The third-order valence-corrected chi connectivity index (χ3v) is 5.80. The van der Waals surface area contributed by atoms with Gasteiger partial charge >= 0.3 is 0 Å². The van der Waals surface area contributed by atoms with Crippen LogP contribution in [0.5, 0.6) is 0 Å². The molecule has 1 N–H and O–H groups in total. The Morgan fingerprint density at radius 3 is 2.08 bits per heavy atom. The molecule has 4 aromatic carbocycles. The molecule has 0 amide bonds. The third kappa shape index (κ3) is 2.65. The van der Waals surface area contributed by atoms with E-state index < -0.39 is 0 Å². The third-order valence-electron chi connectivity index (χ3n) is 4.66. The number of para-hydroxylation sites is 1. The highest BCUT2D eigenvalue weighted by atomic mass is 32.1.